The Labute approximate surface area is 155 Å². The van der Waals surface area contributed by atoms with E-state index in [-0.39, 0.29) is 12.5 Å². The lowest BCUT2D eigenvalue weighted by Gasteiger charge is -2.02. The fourth-order valence-corrected chi connectivity index (χ4v) is 3.33. The van der Waals surface area contributed by atoms with Gasteiger partial charge in [-0.1, -0.05) is 59.4 Å². The Balaban J connectivity index is 1.93. The number of carbonyl (C=O) groups excluding carboxylic acids is 2. The maximum Gasteiger partial charge on any atom is 0.350 e. The fourth-order valence-electron chi connectivity index (χ4n) is 2.46. The number of carbonyl (C=O) groups is 2. The molecule has 0 aliphatic rings. The molecule has 2 aromatic carbocycles. The van der Waals surface area contributed by atoms with Crippen LogP contribution in [0.5, 0.6) is 0 Å². The predicted octanol–water partition coefficient (Wildman–Crippen LogP) is 4.55. The smallest absolute Gasteiger partial charge is 0.350 e. The van der Waals surface area contributed by atoms with Gasteiger partial charge in [-0.3, -0.25) is 10.1 Å². The largest absolute Gasteiger partial charge is 0.462 e. The minimum atomic E-state index is -0.445. The lowest BCUT2D eigenvalue weighted by molar-refractivity contribution is 0.0532. The third-order valence-corrected chi connectivity index (χ3v) is 4.59. The zero-order chi connectivity index (χ0) is 18.5. The number of hydrogen-bond donors (Lipinski definition) is 1. The van der Waals surface area contributed by atoms with Crippen molar-refractivity contribution in [2.75, 3.05) is 11.9 Å². The van der Waals surface area contributed by atoms with Gasteiger partial charge >= 0.3 is 5.97 Å². The van der Waals surface area contributed by atoms with Gasteiger partial charge in [0, 0.05) is 11.1 Å². The zero-order valence-corrected chi connectivity index (χ0v) is 15.3. The Bertz CT molecular complexity index is 935. The van der Waals surface area contributed by atoms with Gasteiger partial charge in [0.1, 0.15) is 4.88 Å². The number of rotatable bonds is 5. The monoisotopic (exact) mass is 366 g/mol. The van der Waals surface area contributed by atoms with E-state index in [1.807, 2.05) is 49.4 Å². The van der Waals surface area contributed by atoms with Gasteiger partial charge in [-0.25, -0.2) is 9.78 Å². The van der Waals surface area contributed by atoms with Crippen LogP contribution in [0.25, 0.3) is 11.3 Å². The van der Waals surface area contributed by atoms with Crippen molar-refractivity contribution in [3.8, 4) is 11.3 Å². The summed E-state index contributed by atoms with van der Waals surface area (Å²) in [5.74, 6) is -0.711. The summed E-state index contributed by atoms with van der Waals surface area (Å²) in [6.07, 6.45) is 0. The van der Waals surface area contributed by atoms with Gasteiger partial charge in [0.15, 0.2) is 5.13 Å². The van der Waals surface area contributed by atoms with E-state index in [9.17, 15) is 9.59 Å². The lowest BCUT2D eigenvalue weighted by atomic mass is 10.1. The fraction of sp³-hybridized carbons (Fsp3) is 0.150. The van der Waals surface area contributed by atoms with Crippen molar-refractivity contribution < 1.29 is 14.3 Å². The highest BCUT2D eigenvalue weighted by Crippen LogP contribution is 2.32. The second-order valence-corrected chi connectivity index (χ2v) is 6.61. The highest BCUT2D eigenvalue weighted by molar-refractivity contribution is 7.18. The molecular weight excluding hydrogens is 348 g/mol. The van der Waals surface area contributed by atoms with E-state index in [0.717, 1.165) is 22.5 Å². The molecule has 132 valence electrons. The molecule has 0 radical (unpaired) electrons. The van der Waals surface area contributed by atoms with E-state index >= 15 is 0 Å². The third kappa shape index (κ3) is 3.97. The molecule has 1 heterocycles. The molecular formula is C20H18N2O3S. The number of aromatic nitrogens is 1. The summed E-state index contributed by atoms with van der Waals surface area (Å²) in [6, 6.07) is 16.6. The Hall–Kier alpha value is -2.99. The van der Waals surface area contributed by atoms with E-state index in [4.69, 9.17) is 4.74 Å². The molecule has 1 N–H and O–H groups in total. The summed E-state index contributed by atoms with van der Waals surface area (Å²) in [5.41, 5.74) is 2.84. The van der Waals surface area contributed by atoms with Crippen molar-refractivity contribution >= 4 is 28.3 Å². The van der Waals surface area contributed by atoms with Crippen LogP contribution in [0.1, 0.15) is 32.5 Å². The number of aryl methyl sites for hydroxylation is 1. The van der Waals surface area contributed by atoms with Gasteiger partial charge in [0.25, 0.3) is 5.91 Å². The maximum atomic E-state index is 12.5. The molecule has 1 amide bonds. The number of esters is 1. The van der Waals surface area contributed by atoms with E-state index in [1.54, 1.807) is 19.1 Å². The topological polar surface area (TPSA) is 68.3 Å². The van der Waals surface area contributed by atoms with Gasteiger partial charge in [-0.05, 0) is 26.0 Å². The first kappa shape index (κ1) is 17.8. The van der Waals surface area contributed by atoms with Crippen LogP contribution in [-0.2, 0) is 4.74 Å². The minimum absolute atomic E-state index is 0.266. The van der Waals surface area contributed by atoms with Crippen molar-refractivity contribution in [2.45, 2.75) is 13.8 Å². The number of amides is 1. The molecule has 0 atom stereocenters. The van der Waals surface area contributed by atoms with Gasteiger partial charge < -0.3 is 4.74 Å². The highest BCUT2D eigenvalue weighted by Gasteiger charge is 2.21. The van der Waals surface area contributed by atoms with Gasteiger partial charge in [0.2, 0.25) is 0 Å². The van der Waals surface area contributed by atoms with Crippen molar-refractivity contribution in [1.29, 1.82) is 0 Å². The Kier molecular flexibility index (Phi) is 5.43. The predicted molar refractivity (Wildman–Crippen MR) is 103 cm³/mol. The second kappa shape index (κ2) is 7.93. The van der Waals surface area contributed by atoms with Crippen LogP contribution in [-0.4, -0.2) is 23.5 Å². The molecule has 0 bridgehead atoms. The maximum absolute atomic E-state index is 12.5. The van der Waals surface area contributed by atoms with E-state index in [0.29, 0.717) is 21.3 Å². The van der Waals surface area contributed by atoms with E-state index in [2.05, 4.69) is 10.3 Å². The van der Waals surface area contributed by atoms with Gasteiger partial charge in [-0.2, -0.15) is 0 Å². The number of thiazole rings is 1. The molecule has 3 aromatic rings. The molecule has 5 nitrogen and oxygen atoms in total. The number of nitrogens with zero attached hydrogens (tertiary/aromatic N) is 1. The molecule has 0 unspecified atom stereocenters. The molecule has 6 heteroatoms. The van der Waals surface area contributed by atoms with Crippen LogP contribution in [0.4, 0.5) is 5.13 Å². The summed E-state index contributed by atoms with van der Waals surface area (Å²) in [4.78, 5) is 29.6. The highest BCUT2D eigenvalue weighted by atomic mass is 32.1. The quantitative estimate of drug-likeness (QED) is 0.673. The normalized spacial score (nSPS) is 10.4. The SMILES string of the molecule is CCOC(=O)c1sc(NC(=O)c2cccc(C)c2)nc1-c1ccccc1. The van der Waals surface area contributed by atoms with Crippen molar-refractivity contribution in [3.63, 3.8) is 0 Å². The van der Waals surface area contributed by atoms with Gasteiger partial charge in [-0.15, -0.1) is 0 Å². The zero-order valence-electron chi connectivity index (χ0n) is 14.5. The summed E-state index contributed by atoms with van der Waals surface area (Å²) >= 11 is 1.11. The molecule has 0 spiro atoms. The third-order valence-electron chi connectivity index (χ3n) is 3.64. The van der Waals surface area contributed by atoms with Crippen LogP contribution in [0.15, 0.2) is 54.6 Å². The van der Waals surface area contributed by atoms with Crippen molar-refractivity contribution in [3.05, 3.63) is 70.6 Å². The van der Waals surface area contributed by atoms with Crippen LogP contribution in [0, 0.1) is 6.92 Å². The van der Waals surface area contributed by atoms with Crippen LogP contribution in [0.3, 0.4) is 0 Å². The van der Waals surface area contributed by atoms with E-state index < -0.39 is 5.97 Å². The first-order valence-corrected chi connectivity index (χ1v) is 9.01. The minimum Gasteiger partial charge on any atom is -0.462 e. The van der Waals surface area contributed by atoms with Crippen molar-refractivity contribution in [1.82, 2.24) is 4.98 Å². The summed E-state index contributed by atoms with van der Waals surface area (Å²) in [5, 5.41) is 3.13. The first-order chi connectivity index (χ1) is 12.6. The molecule has 0 fully saturated rings. The van der Waals surface area contributed by atoms with Gasteiger partial charge in [0.05, 0.1) is 12.3 Å². The number of benzene rings is 2. The number of hydrogen-bond acceptors (Lipinski definition) is 5. The lowest BCUT2D eigenvalue weighted by Crippen LogP contribution is -2.11. The molecule has 0 saturated heterocycles. The van der Waals surface area contributed by atoms with Crippen LogP contribution in [0.2, 0.25) is 0 Å². The molecule has 3 rings (SSSR count). The molecule has 0 saturated carbocycles. The number of nitrogens with one attached hydrogen (secondary N) is 1. The van der Waals surface area contributed by atoms with Crippen molar-refractivity contribution in [2.24, 2.45) is 0 Å². The Morgan fingerprint density at radius 2 is 1.88 bits per heavy atom. The Morgan fingerprint density at radius 1 is 1.12 bits per heavy atom. The summed E-state index contributed by atoms with van der Waals surface area (Å²) < 4.78 is 5.13. The van der Waals surface area contributed by atoms with Crippen LogP contribution < -0.4 is 5.32 Å². The average Bonchev–Trinajstić information content (AvgIpc) is 3.06. The van der Waals surface area contributed by atoms with Crippen LogP contribution >= 0.6 is 11.3 Å². The van der Waals surface area contributed by atoms with E-state index in [1.165, 1.54) is 0 Å². The average molecular weight is 366 g/mol. The number of ether oxygens (including phenoxy) is 1. The summed E-state index contributed by atoms with van der Waals surface area (Å²) in [6.45, 7) is 3.95. The second-order valence-electron chi connectivity index (χ2n) is 5.61. The summed E-state index contributed by atoms with van der Waals surface area (Å²) in [7, 11) is 0. The molecule has 0 aliphatic heterocycles. The molecule has 1 aromatic heterocycles. The standard InChI is InChI=1S/C20H18N2O3S/c1-3-25-19(24)17-16(14-9-5-4-6-10-14)21-20(26-17)22-18(23)15-11-7-8-13(2)12-15/h4-12H,3H2,1-2H3,(H,21,22,23). The number of anilines is 1. The molecule has 0 aliphatic carbocycles. The first-order valence-electron chi connectivity index (χ1n) is 8.20. The molecule has 26 heavy (non-hydrogen) atoms. The Morgan fingerprint density at radius 3 is 2.58 bits per heavy atom.